The first kappa shape index (κ1) is 25.4. The number of H-pyrrole nitrogens is 1. The van der Waals surface area contributed by atoms with Gasteiger partial charge in [-0.1, -0.05) is 6.92 Å². The molecule has 1 saturated heterocycles. The van der Waals surface area contributed by atoms with Crippen LogP contribution in [0.25, 0.3) is 0 Å². The zero-order valence-electron chi connectivity index (χ0n) is 15.4. The monoisotopic (exact) mass is 428 g/mol. The first-order valence-electron chi connectivity index (χ1n) is 8.70. The first-order valence-corrected chi connectivity index (χ1v) is 8.70. The number of amides is 1. The van der Waals surface area contributed by atoms with E-state index in [1.807, 2.05) is 0 Å². The van der Waals surface area contributed by atoms with E-state index in [9.17, 15) is 4.79 Å². The number of hydrogen-bond donors (Lipinski definition) is 3. The lowest BCUT2D eigenvalue weighted by Crippen LogP contribution is -2.52. The van der Waals surface area contributed by atoms with Crippen molar-refractivity contribution in [2.24, 2.45) is 0 Å². The van der Waals surface area contributed by atoms with Gasteiger partial charge in [-0.05, 0) is 13.5 Å². The number of aromatic nitrogens is 2. The van der Waals surface area contributed by atoms with Crippen LogP contribution in [0.2, 0.25) is 0 Å². The van der Waals surface area contributed by atoms with E-state index in [0.29, 0.717) is 18.3 Å². The van der Waals surface area contributed by atoms with Crippen molar-refractivity contribution in [3.63, 3.8) is 0 Å². The van der Waals surface area contributed by atoms with E-state index >= 15 is 0 Å². The van der Waals surface area contributed by atoms with E-state index in [1.54, 1.807) is 0 Å². The van der Waals surface area contributed by atoms with Crippen LogP contribution >= 0.6 is 37.2 Å². The van der Waals surface area contributed by atoms with Crippen LogP contribution in [0.5, 0.6) is 0 Å². The van der Waals surface area contributed by atoms with Gasteiger partial charge in [-0.3, -0.25) is 14.8 Å². The van der Waals surface area contributed by atoms with E-state index in [-0.39, 0.29) is 43.1 Å². The minimum absolute atomic E-state index is 0. The zero-order chi connectivity index (χ0) is 16.2. The summed E-state index contributed by atoms with van der Waals surface area (Å²) in [6.07, 6.45) is 0.910. The fraction of sp³-hybridized carbons (Fsp3) is 0.750. The number of nitrogens with zero attached hydrogens (tertiary/aromatic N) is 3. The van der Waals surface area contributed by atoms with Crippen molar-refractivity contribution in [3.05, 3.63) is 17.0 Å². The van der Waals surface area contributed by atoms with Crippen molar-refractivity contribution in [1.29, 1.82) is 0 Å². The van der Waals surface area contributed by atoms with Crippen LogP contribution in [0, 0.1) is 0 Å². The largest absolute Gasteiger partial charge is 0.349 e. The van der Waals surface area contributed by atoms with Gasteiger partial charge in [0, 0.05) is 69.5 Å². The van der Waals surface area contributed by atoms with Gasteiger partial charge in [0.1, 0.15) is 0 Å². The molecule has 1 amide bonds. The topological polar surface area (TPSA) is 76.3 Å². The summed E-state index contributed by atoms with van der Waals surface area (Å²) < 4.78 is 0. The highest BCUT2D eigenvalue weighted by molar-refractivity contribution is 5.94. The average molecular weight is 430 g/mol. The van der Waals surface area contributed by atoms with Crippen LogP contribution in [-0.4, -0.2) is 77.8 Å². The van der Waals surface area contributed by atoms with Gasteiger partial charge in [0.15, 0.2) is 5.69 Å². The number of halogens is 3. The van der Waals surface area contributed by atoms with E-state index in [4.69, 9.17) is 0 Å². The predicted octanol–water partition coefficient (Wildman–Crippen LogP) is 1.08. The molecule has 7 nitrogen and oxygen atoms in total. The quantitative estimate of drug-likeness (QED) is 0.653. The number of hydrogen-bond acceptors (Lipinski definition) is 5. The molecule has 2 aliphatic heterocycles. The summed E-state index contributed by atoms with van der Waals surface area (Å²) in [5.41, 5.74) is 2.67. The Bertz CT molecular complexity index is 548. The molecule has 0 aromatic carbocycles. The molecule has 3 rings (SSSR count). The number of nitrogens with one attached hydrogen (secondary N) is 3. The number of rotatable bonds is 5. The SMILES string of the molecule is CCN1CCN(C(C)CNC(=O)c2n[nH]c3c2CNCC3)CC1.Cl.Cl.Cl. The lowest BCUT2D eigenvalue weighted by atomic mass is 10.1. The minimum Gasteiger partial charge on any atom is -0.349 e. The summed E-state index contributed by atoms with van der Waals surface area (Å²) in [6, 6.07) is 0.353. The molecule has 1 atom stereocenters. The fourth-order valence-corrected chi connectivity index (χ4v) is 3.39. The van der Waals surface area contributed by atoms with Crippen LogP contribution in [0.3, 0.4) is 0 Å². The Morgan fingerprint density at radius 3 is 2.58 bits per heavy atom. The normalized spacial score (nSPS) is 18.5. The maximum Gasteiger partial charge on any atom is 0.272 e. The summed E-state index contributed by atoms with van der Waals surface area (Å²) >= 11 is 0. The molecule has 1 aromatic rings. The van der Waals surface area contributed by atoms with Gasteiger partial charge in [0.05, 0.1) is 0 Å². The Kier molecular flexibility index (Phi) is 11.7. The zero-order valence-corrected chi connectivity index (χ0v) is 17.9. The summed E-state index contributed by atoms with van der Waals surface area (Å²) in [5, 5.41) is 13.6. The maximum absolute atomic E-state index is 12.4. The molecule has 2 aliphatic rings. The molecule has 1 unspecified atom stereocenters. The number of aromatic amines is 1. The Labute approximate surface area is 174 Å². The molecule has 3 N–H and O–H groups in total. The first-order chi connectivity index (χ1) is 11.2. The second-order valence-electron chi connectivity index (χ2n) is 6.49. The summed E-state index contributed by atoms with van der Waals surface area (Å²) in [5.74, 6) is -0.0646. The van der Waals surface area contributed by atoms with Crippen molar-refractivity contribution in [2.45, 2.75) is 32.9 Å². The molecular weight excluding hydrogens is 399 g/mol. The van der Waals surface area contributed by atoms with Crippen LogP contribution < -0.4 is 10.6 Å². The summed E-state index contributed by atoms with van der Waals surface area (Å²) in [6.45, 7) is 12.2. The molecule has 3 heterocycles. The lowest BCUT2D eigenvalue weighted by molar-refractivity contribution is 0.0878. The third kappa shape index (κ3) is 5.97. The highest BCUT2D eigenvalue weighted by Gasteiger charge is 2.23. The van der Waals surface area contributed by atoms with Crippen molar-refractivity contribution in [1.82, 2.24) is 30.6 Å². The number of piperazine rings is 1. The van der Waals surface area contributed by atoms with Crippen LogP contribution in [0.15, 0.2) is 0 Å². The average Bonchev–Trinajstić information content (AvgIpc) is 3.03. The third-order valence-corrected chi connectivity index (χ3v) is 5.06. The lowest BCUT2D eigenvalue weighted by Gasteiger charge is -2.37. The summed E-state index contributed by atoms with van der Waals surface area (Å²) in [7, 11) is 0. The van der Waals surface area contributed by atoms with Gasteiger partial charge in [0.2, 0.25) is 0 Å². The van der Waals surface area contributed by atoms with Gasteiger partial charge >= 0.3 is 0 Å². The number of carbonyl (C=O) groups is 1. The molecule has 0 bridgehead atoms. The van der Waals surface area contributed by atoms with Crippen LogP contribution in [-0.2, 0) is 13.0 Å². The molecule has 26 heavy (non-hydrogen) atoms. The van der Waals surface area contributed by atoms with Gasteiger partial charge in [-0.2, -0.15) is 5.10 Å². The Morgan fingerprint density at radius 1 is 1.23 bits per heavy atom. The van der Waals surface area contributed by atoms with Crippen LogP contribution in [0.1, 0.15) is 35.6 Å². The molecule has 152 valence electrons. The second-order valence-corrected chi connectivity index (χ2v) is 6.49. The third-order valence-electron chi connectivity index (χ3n) is 5.06. The molecule has 1 fully saturated rings. The molecule has 0 spiro atoms. The standard InChI is InChI=1S/C16H28N6O.3ClH/c1-3-21-6-8-22(9-7-21)12(2)10-18-16(23)15-13-11-17-5-4-14(13)19-20-15;;;/h12,17H,3-11H2,1-2H3,(H,18,23)(H,19,20);3*1H. The van der Waals surface area contributed by atoms with Crippen LogP contribution in [0.4, 0.5) is 0 Å². The molecule has 0 aliphatic carbocycles. The minimum atomic E-state index is -0.0646. The molecule has 0 radical (unpaired) electrons. The molecular formula is C16H31Cl3N6O. The molecule has 1 aromatic heterocycles. The van der Waals surface area contributed by atoms with Gasteiger partial charge in [0.25, 0.3) is 5.91 Å². The van der Waals surface area contributed by atoms with Crippen molar-refractivity contribution in [3.8, 4) is 0 Å². The number of likely N-dealkylation sites (N-methyl/N-ethyl adjacent to an activating group) is 1. The Morgan fingerprint density at radius 2 is 1.92 bits per heavy atom. The molecule has 10 heteroatoms. The van der Waals surface area contributed by atoms with Crippen molar-refractivity contribution < 1.29 is 4.79 Å². The molecule has 0 saturated carbocycles. The Hall–Kier alpha value is -0.570. The van der Waals surface area contributed by atoms with E-state index in [2.05, 4.69) is 44.5 Å². The predicted molar refractivity (Wildman–Crippen MR) is 111 cm³/mol. The van der Waals surface area contributed by atoms with Gasteiger partial charge in [-0.25, -0.2) is 0 Å². The highest BCUT2D eigenvalue weighted by atomic mass is 35.5. The van der Waals surface area contributed by atoms with E-state index in [0.717, 1.165) is 63.5 Å². The fourth-order valence-electron chi connectivity index (χ4n) is 3.39. The second kappa shape index (κ2) is 12.0. The van der Waals surface area contributed by atoms with Gasteiger partial charge in [-0.15, -0.1) is 37.2 Å². The van der Waals surface area contributed by atoms with E-state index < -0.39 is 0 Å². The Balaban J connectivity index is 0.00000208. The van der Waals surface area contributed by atoms with Gasteiger partial charge < -0.3 is 15.5 Å². The maximum atomic E-state index is 12.4. The number of carbonyl (C=O) groups excluding carboxylic acids is 1. The summed E-state index contributed by atoms with van der Waals surface area (Å²) in [4.78, 5) is 17.3. The highest BCUT2D eigenvalue weighted by Crippen LogP contribution is 2.15. The smallest absolute Gasteiger partial charge is 0.272 e. The van der Waals surface area contributed by atoms with E-state index in [1.165, 1.54) is 0 Å². The van der Waals surface area contributed by atoms with Crippen molar-refractivity contribution in [2.75, 3.05) is 45.8 Å². The van der Waals surface area contributed by atoms with Crippen molar-refractivity contribution >= 4 is 43.1 Å². The number of fused-ring (bicyclic) bond motifs is 1.